The molecule has 0 radical (unpaired) electrons. The van der Waals surface area contributed by atoms with Crippen molar-refractivity contribution in [3.8, 4) is 0 Å². The molecule has 0 fully saturated rings. The van der Waals surface area contributed by atoms with Crippen LogP contribution in [0.4, 0.5) is 0 Å². The molecule has 0 rings (SSSR count). The summed E-state index contributed by atoms with van der Waals surface area (Å²) in [6.45, 7) is 23.5. The van der Waals surface area contributed by atoms with Crippen LogP contribution in [0.3, 0.4) is 0 Å². The normalized spacial score (nSPS) is 10.1. The lowest BCUT2D eigenvalue weighted by Crippen LogP contribution is -2.39. The van der Waals surface area contributed by atoms with E-state index in [0.717, 1.165) is 12.8 Å². The summed E-state index contributed by atoms with van der Waals surface area (Å²) in [7, 11) is 0. The van der Waals surface area contributed by atoms with Gasteiger partial charge in [0.2, 0.25) is 5.91 Å². The Balaban J connectivity index is -0.000000181. The van der Waals surface area contributed by atoms with Crippen LogP contribution in [-0.2, 0) is 14.3 Å². The van der Waals surface area contributed by atoms with Gasteiger partial charge in [0.15, 0.2) is 0 Å². The molecule has 0 saturated heterocycles. The Kier molecular flexibility index (Phi) is 29.7. The fourth-order valence-electron chi connectivity index (χ4n) is 1.73. The molecule has 1 amide bonds. The van der Waals surface area contributed by atoms with E-state index in [1.165, 1.54) is 0 Å². The zero-order valence-electron chi connectivity index (χ0n) is 20.8. The summed E-state index contributed by atoms with van der Waals surface area (Å²) < 4.78 is 5.09. The second-order valence-electron chi connectivity index (χ2n) is 7.36. The van der Waals surface area contributed by atoms with Gasteiger partial charge in [-0.1, -0.05) is 69.2 Å². The van der Waals surface area contributed by atoms with E-state index in [4.69, 9.17) is 9.84 Å². The minimum Gasteiger partial charge on any atom is -0.396 e. The van der Waals surface area contributed by atoms with Crippen molar-refractivity contribution in [2.24, 2.45) is 17.3 Å². The largest absolute Gasteiger partial charge is 0.396 e. The van der Waals surface area contributed by atoms with E-state index in [9.17, 15) is 9.59 Å². The minimum absolute atomic E-state index is 0.0336. The third kappa shape index (κ3) is 25.1. The molecule has 0 unspecified atom stereocenters. The molecule has 0 bridgehead atoms. The van der Waals surface area contributed by atoms with Crippen molar-refractivity contribution in [2.45, 2.75) is 95.4 Å². The van der Waals surface area contributed by atoms with Gasteiger partial charge in [0.25, 0.3) is 0 Å². The molecule has 0 aliphatic rings. The van der Waals surface area contributed by atoms with Gasteiger partial charge in [0.05, 0.1) is 6.61 Å². The van der Waals surface area contributed by atoms with E-state index < -0.39 is 5.41 Å². The molecular formula is C23H51NO4. The minimum atomic E-state index is -0.499. The van der Waals surface area contributed by atoms with Crippen molar-refractivity contribution in [2.75, 3.05) is 26.4 Å². The third-order valence-electron chi connectivity index (χ3n) is 3.70. The number of aliphatic hydroxyl groups excluding tert-OH is 1. The number of nitrogens with one attached hydrogen (secondary N) is 1. The molecule has 0 heterocycles. The van der Waals surface area contributed by atoms with Gasteiger partial charge in [-0.05, 0) is 25.7 Å². The Hall–Kier alpha value is -0.940. The van der Waals surface area contributed by atoms with Crippen LogP contribution in [0.1, 0.15) is 95.4 Å². The molecular weight excluding hydrogens is 354 g/mol. The van der Waals surface area contributed by atoms with Gasteiger partial charge in [0.1, 0.15) is 5.78 Å². The number of hydrogen-bond donors (Lipinski definition) is 2. The maximum atomic E-state index is 11.5. The van der Waals surface area contributed by atoms with Crippen molar-refractivity contribution in [1.82, 2.24) is 5.32 Å². The van der Waals surface area contributed by atoms with Crippen LogP contribution in [0.15, 0.2) is 0 Å². The van der Waals surface area contributed by atoms with Gasteiger partial charge < -0.3 is 15.2 Å². The van der Waals surface area contributed by atoms with E-state index in [0.29, 0.717) is 37.9 Å². The Morgan fingerprint density at radius 3 is 1.89 bits per heavy atom. The molecule has 28 heavy (non-hydrogen) atoms. The Bertz CT molecular complexity index is 339. The molecule has 2 N–H and O–H groups in total. The number of aliphatic hydroxyl groups is 1. The van der Waals surface area contributed by atoms with Crippen LogP contribution in [0.25, 0.3) is 0 Å². The van der Waals surface area contributed by atoms with Gasteiger partial charge >= 0.3 is 0 Å². The Morgan fingerprint density at radius 2 is 1.54 bits per heavy atom. The first-order valence-electron chi connectivity index (χ1n) is 11.1. The molecule has 5 heteroatoms. The fraction of sp³-hybridized carbons (Fsp3) is 0.913. The quantitative estimate of drug-likeness (QED) is 0.460. The van der Waals surface area contributed by atoms with Crippen LogP contribution in [0.5, 0.6) is 0 Å². The summed E-state index contributed by atoms with van der Waals surface area (Å²) in [5.41, 5.74) is -0.499. The molecule has 0 atom stereocenters. The van der Waals surface area contributed by atoms with Gasteiger partial charge in [-0.2, -0.15) is 0 Å². The van der Waals surface area contributed by atoms with Crippen molar-refractivity contribution in [1.29, 1.82) is 0 Å². The first-order valence-corrected chi connectivity index (χ1v) is 11.1. The van der Waals surface area contributed by atoms with Crippen LogP contribution < -0.4 is 5.32 Å². The van der Waals surface area contributed by atoms with E-state index >= 15 is 0 Å². The monoisotopic (exact) mass is 405 g/mol. The van der Waals surface area contributed by atoms with Crippen LogP contribution in [-0.4, -0.2) is 43.2 Å². The smallest absolute Gasteiger partial charge is 0.225 e. The number of amides is 1. The second kappa shape index (κ2) is 24.1. The van der Waals surface area contributed by atoms with E-state index in [1.54, 1.807) is 0 Å². The molecule has 172 valence electrons. The molecule has 0 saturated carbocycles. The average molecular weight is 406 g/mol. The van der Waals surface area contributed by atoms with Crippen LogP contribution >= 0.6 is 0 Å². The summed E-state index contributed by atoms with van der Waals surface area (Å²) in [5.74, 6) is 1.24. The van der Waals surface area contributed by atoms with Crippen molar-refractivity contribution >= 4 is 11.7 Å². The van der Waals surface area contributed by atoms with Crippen molar-refractivity contribution in [3.63, 3.8) is 0 Å². The van der Waals surface area contributed by atoms with Crippen LogP contribution in [0.2, 0.25) is 0 Å². The number of carbonyl (C=O) groups is 2. The van der Waals surface area contributed by atoms with Gasteiger partial charge in [-0.15, -0.1) is 0 Å². The molecule has 0 aromatic rings. The number of ketones is 1. The maximum absolute atomic E-state index is 11.5. The average Bonchev–Trinajstić information content (AvgIpc) is 2.66. The predicted molar refractivity (Wildman–Crippen MR) is 122 cm³/mol. The third-order valence-corrected chi connectivity index (χ3v) is 3.70. The van der Waals surface area contributed by atoms with E-state index in [-0.39, 0.29) is 18.4 Å². The molecule has 0 aliphatic carbocycles. The van der Waals surface area contributed by atoms with Crippen molar-refractivity contribution < 1.29 is 19.4 Å². The standard InChI is InChI=1S/C10H21NO3.C9H18O.2C2H6/c1-4-14-8-6-11-9(13)10(2,3)5-7-12;1-7(2)5-6-9(10)8(3)4;2*1-2/h12H,4-8H2,1-3H3,(H,11,13);7-8H,5-6H2,1-4H3;2*1-2H3. The molecule has 0 spiro atoms. The summed E-state index contributed by atoms with van der Waals surface area (Å²) in [6.07, 6.45) is 2.28. The number of Topliss-reactive ketones (excluding diaryl/α,β-unsaturated/α-hetero) is 1. The SMILES string of the molecule is CC.CC.CC(C)CCC(=O)C(C)C.CCOCCNC(=O)C(C)(C)CCO. The van der Waals surface area contributed by atoms with E-state index in [1.807, 2.05) is 62.3 Å². The highest BCUT2D eigenvalue weighted by atomic mass is 16.5. The molecule has 5 nitrogen and oxygen atoms in total. The summed E-state index contributed by atoms with van der Waals surface area (Å²) in [6, 6.07) is 0. The lowest BCUT2D eigenvalue weighted by molar-refractivity contribution is -0.130. The first kappa shape index (κ1) is 34.6. The Morgan fingerprint density at radius 1 is 1.04 bits per heavy atom. The fourth-order valence-corrected chi connectivity index (χ4v) is 1.73. The van der Waals surface area contributed by atoms with Crippen molar-refractivity contribution in [3.05, 3.63) is 0 Å². The van der Waals surface area contributed by atoms with Gasteiger partial charge in [-0.25, -0.2) is 0 Å². The summed E-state index contributed by atoms with van der Waals surface area (Å²) in [4.78, 5) is 22.6. The second-order valence-corrected chi connectivity index (χ2v) is 7.36. The number of rotatable bonds is 11. The first-order chi connectivity index (χ1) is 13.1. The summed E-state index contributed by atoms with van der Waals surface area (Å²) in [5, 5.41) is 11.5. The Labute approximate surface area is 176 Å². The highest BCUT2D eigenvalue weighted by Gasteiger charge is 2.26. The number of hydrogen-bond acceptors (Lipinski definition) is 4. The molecule has 0 aliphatic heterocycles. The zero-order valence-corrected chi connectivity index (χ0v) is 20.8. The number of carbonyl (C=O) groups excluding carboxylic acids is 2. The molecule has 0 aromatic carbocycles. The van der Waals surface area contributed by atoms with Crippen LogP contribution in [0, 0.1) is 17.3 Å². The van der Waals surface area contributed by atoms with Gasteiger partial charge in [-0.3, -0.25) is 9.59 Å². The predicted octanol–water partition coefficient (Wildman–Crippen LogP) is 5.25. The lowest BCUT2D eigenvalue weighted by atomic mass is 9.89. The van der Waals surface area contributed by atoms with E-state index in [2.05, 4.69) is 19.2 Å². The highest BCUT2D eigenvalue weighted by Crippen LogP contribution is 2.19. The lowest BCUT2D eigenvalue weighted by Gasteiger charge is -2.22. The zero-order chi connectivity index (χ0) is 23.2. The van der Waals surface area contributed by atoms with Gasteiger partial charge in [0, 0.05) is 37.5 Å². The number of ether oxygens (including phenoxy) is 1. The molecule has 0 aromatic heterocycles. The summed E-state index contributed by atoms with van der Waals surface area (Å²) >= 11 is 0. The highest BCUT2D eigenvalue weighted by molar-refractivity contribution is 5.81. The maximum Gasteiger partial charge on any atom is 0.225 e. The topological polar surface area (TPSA) is 75.6 Å².